The van der Waals surface area contributed by atoms with Gasteiger partial charge in [-0.25, -0.2) is 0 Å². The minimum Gasteiger partial charge on any atom is -0.394 e. The quantitative estimate of drug-likeness (QED) is 0.899. The lowest BCUT2D eigenvalue weighted by atomic mass is 9.88. The van der Waals surface area contributed by atoms with Crippen LogP contribution in [0.1, 0.15) is 43.2 Å². The van der Waals surface area contributed by atoms with E-state index in [2.05, 4.69) is 10.3 Å². The lowest BCUT2D eigenvalue weighted by Gasteiger charge is -2.25. The second-order valence-corrected chi connectivity index (χ2v) is 6.05. The van der Waals surface area contributed by atoms with Gasteiger partial charge >= 0.3 is 6.18 Å². The zero-order valence-electron chi connectivity index (χ0n) is 12.2. The molecule has 1 rings (SSSR count). The van der Waals surface area contributed by atoms with Crippen molar-refractivity contribution in [1.29, 1.82) is 0 Å². The Balaban J connectivity index is 2.75. The molecule has 1 atom stereocenters. The maximum atomic E-state index is 12.4. The fourth-order valence-electron chi connectivity index (χ4n) is 1.87. The lowest BCUT2D eigenvalue weighted by molar-refractivity contribution is -0.141. The number of halogens is 3. The van der Waals surface area contributed by atoms with E-state index in [1.54, 1.807) is 0 Å². The smallest absolute Gasteiger partial charge is 0.394 e. The van der Waals surface area contributed by atoms with Gasteiger partial charge in [0.15, 0.2) is 0 Å². The Morgan fingerprint density at radius 1 is 1.33 bits per heavy atom. The van der Waals surface area contributed by atoms with Crippen LogP contribution in [0.15, 0.2) is 18.3 Å². The molecule has 2 N–H and O–H groups in total. The van der Waals surface area contributed by atoms with Crippen LogP contribution in [0.2, 0.25) is 0 Å². The standard InChI is InChI=1S/C14H19F3N2O2/c1-13(2,3)6-10(8-20)19-12(21)9-4-5-11(18-7-9)14(15,16)17/h4-5,7,10,20H,6,8H2,1-3H3,(H,19,21). The fraction of sp³-hybridized carbons (Fsp3) is 0.571. The molecule has 1 aromatic heterocycles. The number of amides is 1. The normalized spacial score (nSPS) is 13.9. The first kappa shape index (κ1) is 17.4. The summed E-state index contributed by atoms with van der Waals surface area (Å²) in [5.41, 5.74) is -1.12. The van der Waals surface area contributed by atoms with Crippen LogP contribution in [0.25, 0.3) is 0 Å². The molecule has 7 heteroatoms. The van der Waals surface area contributed by atoms with Crippen LogP contribution in [0.4, 0.5) is 13.2 Å². The van der Waals surface area contributed by atoms with Gasteiger partial charge in [0.25, 0.3) is 5.91 Å². The van der Waals surface area contributed by atoms with Crippen LogP contribution >= 0.6 is 0 Å². The molecular formula is C14H19F3N2O2. The van der Waals surface area contributed by atoms with Crippen molar-refractivity contribution in [3.63, 3.8) is 0 Å². The molecular weight excluding hydrogens is 285 g/mol. The topological polar surface area (TPSA) is 62.2 Å². The van der Waals surface area contributed by atoms with Gasteiger partial charge in [-0.2, -0.15) is 13.2 Å². The molecule has 0 saturated heterocycles. The van der Waals surface area contributed by atoms with Crippen molar-refractivity contribution in [3.8, 4) is 0 Å². The number of alkyl halides is 3. The number of hydrogen-bond donors (Lipinski definition) is 2. The van der Waals surface area contributed by atoms with Gasteiger partial charge in [0.1, 0.15) is 5.69 Å². The third-order valence-corrected chi connectivity index (χ3v) is 2.73. The van der Waals surface area contributed by atoms with E-state index in [1.807, 2.05) is 20.8 Å². The summed E-state index contributed by atoms with van der Waals surface area (Å²) in [6.07, 6.45) is -3.11. The molecule has 4 nitrogen and oxygen atoms in total. The molecule has 0 aromatic carbocycles. The maximum absolute atomic E-state index is 12.4. The molecule has 0 radical (unpaired) electrons. The fourth-order valence-corrected chi connectivity index (χ4v) is 1.87. The van der Waals surface area contributed by atoms with Gasteiger partial charge in [0.2, 0.25) is 0 Å². The first-order valence-electron chi connectivity index (χ1n) is 6.48. The van der Waals surface area contributed by atoms with Crippen LogP contribution in [0.3, 0.4) is 0 Å². The highest BCUT2D eigenvalue weighted by molar-refractivity contribution is 5.94. The third-order valence-electron chi connectivity index (χ3n) is 2.73. The Bertz CT molecular complexity index is 478. The van der Waals surface area contributed by atoms with Crippen molar-refractivity contribution in [2.45, 2.75) is 39.4 Å². The summed E-state index contributed by atoms with van der Waals surface area (Å²) in [6.45, 7) is 5.64. The van der Waals surface area contributed by atoms with Gasteiger partial charge < -0.3 is 10.4 Å². The van der Waals surface area contributed by atoms with Crippen molar-refractivity contribution < 1.29 is 23.1 Å². The molecule has 0 fully saturated rings. The van der Waals surface area contributed by atoms with Gasteiger partial charge in [-0.05, 0) is 24.0 Å². The van der Waals surface area contributed by atoms with Crippen molar-refractivity contribution in [2.75, 3.05) is 6.61 Å². The van der Waals surface area contributed by atoms with E-state index in [9.17, 15) is 23.1 Å². The zero-order chi connectivity index (χ0) is 16.3. The zero-order valence-corrected chi connectivity index (χ0v) is 12.2. The first-order chi connectivity index (χ1) is 9.53. The lowest BCUT2D eigenvalue weighted by Crippen LogP contribution is -2.40. The number of aliphatic hydroxyl groups excluding tert-OH is 1. The van der Waals surface area contributed by atoms with Crippen molar-refractivity contribution >= 4 is 5.91 Å². The molecule has 1 aromatic rings. The molecule has 21 heavy (non-hydrogen) atoms. The summed E-state index contributed by atoms with van der Waals surface area (Å²) >= 11 is 0. The Labute approximate surface area is 121 Å². The summed E-state index contributed by atoms with van der Waals surface area (Å²) < 4.78 is 37.1. The molecule has 0 spiro atoms. The van der Waals surface area contributed by atoms with Crippen LogP contribution < -0.4 is 5.32 Å². The van der Waals surface area contributed by atoms with E-state index in [4.69, 9.17) is 0 Å². The number of aromatic nitrogens is 1. The molecule has 1 heterocycles. The molecule has 118 valence electrons. The Morgan fingerprint density at radius 2 is 1.95 bits per heavy atom. The van der Waals surface area contributed by atoms with Crippen LogP contribution in [0.5, 0.6) is 0 Å². The first-order valence-corrected chi connectivity index (χ1v) is 6.48. The number of hydrogen-bond acceptors (Lipinski definition) is 3. The van der Waals surface area contributed by atoms with Crippen molar-refractivity contribution in [3.05, 3.63) is 29.6 Å². The number of aliphatic hydroxyl groups is 1. The van der Waals surface area contributed by atoms with E-state index in [1.165, 1.54) is 0 Å². The number of nitrogens with one attached hydrogen (secondary N) is 1. The molecule has 0 saturated carbocycles. The van der Waals surface area contributed by atoms with Gasteiger partial charge in [-0.15, -0.1) is 0 Å². The average molecular weight is 304 g/mol. The summed E-state index contributed by atoms with van der Waals surface area (Å²) in [5, 5.41) is 11.8. The number of nitrogens with zero attached hydrogens (tertiary/aromatic N) is 1. The number of carbonyl (C=O) groups excluding carboxylic acids is 1. The van der Waals surface area contributed by atoms with Gasteiger partial charge in [-0.1, -0.05) is 20.8 Å². The summed E-state index contributed by atoms with van der Waals surface area (Å²) in [5.74, 6) is -0.556. The number of carbonyl (C=O) groups is 1. The minimum absolute atomic E-state index is 0.0235. The highest BCUT2D eigenvalue weighted by Gasteiger charge is 2.32. The molecule has 0 bridgehead atoms. The van der Waals surface area contributed by atoms with Gasteiger partial charge in [0, 0.05) is 6.20 Å². The Hall–Kier alpha value is -1.63. The predicted octanol–water partition coefficient (Wildman–Crippen LogP) is 2.63. The molecule has 0 aliphatic heterocycles. The van der Waals surface area contributed by atoms with E-state index in [-0.39, 0.29) is 17.6 Å². The van der Waals surface area contributed by atoms with E-state index in [0.717, 1.165) is 18.3 Å². The summed E-state index contributed by atoms with van der Waals surface area (Å²) in [6, 6.07) is 1.36. The largest absolute Gasteiger partial charge is 0.433 e. The maximum Gasteiger partial charge on any atom is 0.433 e. The predicted molar refractivity (Wildman–Crippen MR) is 71.7 cm³/mol. The second kappa shape index (κ2) is 6.43. The van der Waals surface area contributed by atoms with E-state index < -0.39 is 23.8 Å². The van der Waals surface area contributed by atoms with Crippen LogP contribution in [-0.2, 0) is 6.18 Å². The second-order valence-electron chi connectivity index (χ2n) is 6.05. The van der Waals surface area contributed by atoms with E-state index >= 15 is 0 Å². The Morgan fingerprint density at radius 3 is 2.33 bits per heavy atom. The number of pyridine rings is 1. The highest BCUT2D eigenvalue weighted by Crippen LogP contribution is 2.27. The Kier molecular flexibility index (Phi) is 5.33. The monoisotopic (exact) mass is 304 g/mol. The number of rotatable bonds is 4. The highest BCUT2D eigenvalue weighted by atomic mass is 19.4. The van der Waals surface area contributed by atoms with E-state index in [0.29, 0.717) is 6.42 Å². The SMILES string of the molecule is CC(C)(C)CC(CO)NC(=O)c1ccc(C(F)(F)F)nc1. The molecule has 0 aliphatic rings. The van der Waals surface area contributed by atoms with Gasteiger partial charge in [0.05, 0.1) is 18.2 Å². The minimum atomic E-state index is -4.53. The van der Waals surface area contributed by atoms with Crippen molar-refractivity contribution in [2.24, 2.45) is 5.41 Å². The van der Waals surface area contributed by atoms with Crippen molar-refractivity contribution in [1.82, 2.24) is 10.3 Å². The summed E-state index contributed by atoms with van der Waals surface area (Å²) in [7, 11) is 0. The molecule has 0 aliphatic carbocycles. The van der Waals surface area contributed by atoms with Gasteiger partial charge in [-0.3, -0.25) is 9.78 Å². The summed E-state index contributed by atoms with van der Waals surface area (Å²) in [4.78, 5) is 15.1. The molecule has 1 amide bonds. The molecule has 1 unspecified atom stereocenters. The average Bonchev–Trinajstić information content (AvgIpc) is 2.35. The third kappa shape index (κ3) is 5.71. The van der Waals surface area contributed by atoms with Crippen LogP contribution in [-0.4, -0.2) is 28.6 Å². The van der Waals surface area contributed by atoms with Crippen LogP contribution in [0, 0.1) is 5.41 Å².